The number of carbonyl (C=O) groups excluding carboxylic acids is 1. The smallest absolute Gasteiger partial charge is 0.224 e. The first-order valence-corrected chi connectivity index (χ1v) is 9.87. The predicted octanol–water partition coefficient (Wildman–Crippen LogP) is 0.774. The fourth-order valence-electron chi connectivity index (χ4n) is 3.68. The van der Waals surface area contributed by atoms with Crippen molar-refractivity contribution < 1.29 is 19.4 Å². The number of benzene rings is 1. The van der Waals surface area contributed by atoms with E-state index >= 15 is 0 Å². The molecule has 2 atom stereocenters. The molecule has 29 heavy (non-hydrogen) atoms. The van der Waals surface area contributed by atoms with Crippen LogP contribution in [0.5, 0.6) is 11.5 Å². The lowest BCUT2D eigenvalue weighted by Crippen LogP contribution is -2.55. The Morgan fingerprint density at radius 3 is 2.79 bits per heavy atom. The first-order valence-electron chi connectivity index (χ1n) is 9.87. The van der Waals surface area contributed by atoms with Crippen molar-refractivity contribution >= 4 is 5.91 Å². The molecule has 8 nitrogen and oxygen atoms in total. The molecule has 1 aromatic heterocycles. The molecule has 0 aliphatic carbocycles. The molecule has 1 saturated heterocycles. The van der Waals surface area contributed by atoms with Crippen LogP contribution in [0, 0.1) is 0 Å². The number of hydrogen-bond acceptors (Lipinski definition) is 6. The van der Waals surface area contributed by atoms with Crippen molar-refractivity contribution in [3.63, 3.8) is 0 Å². The van der Waals surface area contributed by atoms with Crippen LogP contribution in [0.2, 0.25) is 0 Å². The van der Waals surface area contributed by atoms with E-state index < -0.39 is 6.10 Å². The molecule has 1 amide bonds. The zero-order valence-electron chi connectivity index (χ0n) is 17.3. The van der Waals surface area contributed by atoms with Crippen molar-refractivity contribution in [1.29, 1.82) is 0 Å². The van der Waals surface area contributed by atoms with Crippen molar-refractivity contribution in [2.45, 2.75) is 31.4 Å². The molecule has 0 saturated carbocycles. The lowest BCUT2D eigenvalue weighted by molar-refractivity contribution is -0.122. The van der Waals surface area contributed by atoms with Gasteiger partial charge in [0.15, 0.2) is 11.5 Å². The molecule has 1 aliphatic heterocycles. The zero-order valence-corrected chi connectivity index (χ0v) is 17.3. The molecule has 0 radical (unpaired) electrons. The number of carbonyl (C=O) groups is 1. The Morgan fingerprint density at radius 2 is 2.10 bits per heavy atom. The van der Waals surface area contributed by atoms with E-state index in [1.165, 1.54) is 0 Å². The lowest BCUT2D eigenvalue weighted by Gasteiger charge is -2.36. The van der Waals surface area contributed by atoms with E-state index in [0.717, 1.165) is 30.9 Å². The van der Waals surface area contributed by atoms with Gasteiger partial charge in [-0.3, -0.25) is 4.79 Å². The van der Waals surface area contributed by atoms with Crippen LogP contribution in [0.1, 0.15) is 17.8 Å². The van der Waals surface area contributed by atoms with Gasteiger partial charge in [0.05, 0.1) is 32.8 Å². The van der Waals surface area contributed by atoms with Gasteiger partial charge in [-0.15, -0.1) is 0 Å². The number of aliphatic hydroxyl groups is 1. The van der Waals surface area contributed by atoms with Crippen molar-refractivity contribution in [1.82, 2.24) is 19.8 Å². The Morgan fingerprint density at radius 1 is 1.31 bits per heavy atom. The summed E-state index contributed by atoms with van der Waals surface area (Å²) in [5.41, 5.74) is 0.831. The molecule has 0 spiro atoms. The van der Waals surface area contributed by atoms with Gasteiger partial charge >= 0.3 is 0 Å². The van der Waals surface area contributed by atoms with Crippen LogP contribution in [0.25, 0.3) is 0 Å². The summed E-state index contributed by atoms with van der Waals surface area (Å²) in [6, 6.07) is 5.15. The summed E-state index contributed by atoms with van der Waals surface area (Å²) in [6.45, 7) is 2.29. The number of nitrogens with one attached hydrogen (secondary N) is 1. The van der Waals surface area contributed by atoms with E-state index in [2.05, 4.69) is 15.2 Å². The molecule has 1 aliphatic rings. The van der Waals surface area contributed by atoms with E-state index in [1.807, 2.05) is 23.9 Å². The lowest BCUT2D eigenvalue weighted by atomic mass is 10.0. The topological polar surface area (TPSA) is 88.9 Å². The van der Waals surface area contributed by atoms with Gasteiger partial charge in [0.1, 0.15) is 5.82 Å². The van der Waals surface area contributed by atoms with Crippen LogP contribution in [0.4, 0.5) is 0 Å². The molecule has 3 rings (SSSR count). The van der Waals surface area contributed by atoms with Gasteiger partial charge in [-0.25, -0.2) is 4.98 Å². The quantitative estimate of drug-likeness (QED) is 0.678. The van der Waals surface area contributed by atoms with Crippen molar-refractivity contribution in [3.8, 4) is 11.5 Å². The van der Waals surface area contributed by atoms with Gasteiger partial charge in [-0.2, -0.15) is 0 Å². The fourth-order valence-corrected chi connectivity index (χ4v) is 3.68. The van der Waals surface area contributed by atoms with Gasteiger partial charge in [0, 0.05) is 45.5 Å². The van der Waals surface area contributed by atoms with Crippen LogP contribution in [-0.2, 0) is 24.7 Å². The number of nitrogens with zero attached hydrogens (tertiary/aromatic N) is 3. The Hall–Kier alpha value is -2.58. The average molecular weight is 402 g/mol. The van der Waals surface area contributed by atoms with Crippen LogP contribution < -0.4 is 14.8 Å². The van der Waals surface area contributed by atoms with Crippen LogP contribution in [0.3, 0.4) is 0 Å². The van der Waals surface area contributed by atoms with Crippen LogP contribution >= 0.6 is 0 Å². The van der Waals surface area contributed by atoms with E-state index in [1.54, 1.807) is 32.5 Å². The molecular formula is C21H30N4O4. The maximum Gasteiger partial charge on any atom is 0.224 e. The second kappa shape index (κ2) is 9.76. The van der Waals surface area contributed by atoms with Gasteiger partial charge in [0.2, 0.25) is 5.91 Å². The van der Waals surface area contributed by atoms with Crippen molar-refractivity contribution in [3.05, 3.63) is 42.0 Å². The number of aromatic nitrogens is 2. The van der Waals surface area contributed by atoms with Crippen molar-refractivity contribution in [2.75, 3.05) is 33.9 Å². The maximum atomic E-state index is 12.6. The minimum atomic E-state index is -0.534. The minimum absolute atomic E-state index is 0.118. The highest BCUT2D eigenvalue weighted by Crippen LogP contribution is 2.27. The minimum Gasteiger partial charge on any atom is -0.493 e. The third-order valence-electron chi connectivity index (χ3n) is 5.39. The Labute approximate surface area is 171 Å². The number of aliphatic hydroxyl groups excluding tert-OH is 1. The highest BCUT2D eigenvalue weighted by atomic mass is 16.5. The number of imidazole rings is 1. The number of likely N-dealkylation sites (tertiary alicyclic amines) is 1. The Balaban J connectivity index is 1.53. The van der Waals surface area contributed by atoms with E-state index in [-0.39, 0.29) is 18.4 Å². The second-order valence-corrected chi connectivity index (χ2v) is 7.40. The monoisotopic (exact) mass is 402 g/mol. The largest absolute Gasteiger partial charge is 0.493 e. The predicted molar refractivity (Wildman–Crippen MR) is 109 cm³/mol. The highest BCUT2D eigenvalue weighted by molar-refractivity contribution is 5.79. The second-order valence-electron chi connectivity index (χ2n) is 7.40. The maximum absolute atomic E-state index is 12.6. The molecule has 2 N–H and O–H groups in total. The molecule has 0 unspecified atom stereocenters. The molecule has 8 heteroatoms. The van der Waals surface area contributed by atoms with E-state index in [4.69, 9.17) is 9.47 Å². The summed E-state index contributed by atoms with van der Waals surface area (Å²) in [5, 5.41) is 13.3. The molecule has 158 valence electrons. The van der Waals surface area contributed by atoms with Crippen LogP contribution in [0.15, 0.2) is 30.6 Å². The zero-order chi connectivity index (χ0) is 20.8. The molecule has 1 fully saturated rings. The summed E-state index contributed by atoms with van der Waals surface area (Å²) in [4.78, 5) is 19.2. The van der Waals surface area contributed by atoms with Gasteiger partial charge < -0.3 is 29.4 Å². The number of methoxy groups -OCH3 is 2. The van der Waals surface area contributed by atoms with Crippen LogP contribution in [-0.4, -0.2) is 71.5 Å². The summed E-state index contributed by atoms with van der Waals surface area (Å²) in [7, 11) is 5.13. The Bertz CT molecular complexity index is 823. The van der Waals surface area contributed by atoms with Gasteiger partial charge in [-0.1, -0.05) is 6.07 Å². The van der Waals surface area contributed by atoms with Gasteiger partial charge in [0.25, 0.3) is 0 Å². The number of hydrogen-bond donors (Lipinski definition) is 2. The summed E-state index contributed by atoms with van der Waals surface area (Å²) >= 11 is 0. The SMILES string of the molecule is COc1ccc(CC(=O)N[C@@H]2CN(CCc3nccn3C)CC[C@H]2O)cc1OC. The molecular weight excluding hydrogens is 372 g/mol. The number of piperidine rings is 1. The first-order chi connectivity index (χ1) is 14.0. The van der Waals surface area contributed by atoms with Crippen molar-refractivity contribution in [2.24, 2.45) is 7.05 Å². The third-order valence-corrected chi connectivity index (χ3v) is 5.39. The Kier molecular flexibility index (Phi) is 7.11. The molecule has 0 bridgehead atoms. The normalized spacial score (nSPS) is 19.7. The summed E-state index contributed by atoms with van der Waals surface area (Å²) in [6.07, 6.45) is 4.90. The molecule has 1 aromatic carbocycles. The third kappa shape index (κ3) is 5.48. The average Bonchev–Trinajstić information content (AvgIpc) is 3.13. The van der Waals surface area contributed by atoms with E-state index in [9.17, 15) is 9.90 Å². The van der Waals surface area contributed by atoms with E-state index in [0.29, 0.717) is 24.5 Å². The van der Waals surface area contributed by atoms with Gasteiger partial charge in [-0.05, 0) is 24.1 Å². The highest BCUT2D eigenvalue weighted by Gasteiger charge is 2.29. The standard InChI is InChI=1S/C21H30N4O4/c1-24-11-8-22-20(24)7-10-25-9-6-17(26)16(14-25)23-21(27)13-15-4-5-18(28-2)19(12-15)29-3/h4-5,8,11-12,16-17,26H,6-7,9-10,13-14H2,1-3H3,(H,23,27)/t16-,17-/m1/s1. The number of amides is 1. The number of rotatable bonds is 8. The summed E-state index contributed by atoms with van der Waals surface area (Å²) < 4.78 is 12.5. The molecule has 2 heterocycles. The summed E-state index contributed by atoms with van der Waals surface area (Å²) in [5.74, 6) is 2.14. The number of ether oxygens (including phenoxy) is 2. The fraction of sp³-hybridized carbons (Fsp3) is 0.524. The first kappa shape index (κ1) is 21.1. The number of aryl methyl sites for hydroxylation is 1. The molecule has 2 aromatic rings.